The molecule has 0 bridgehead atoms. The van der Waals surface area contributed by atoms with Crippen molar-refractivity contribution in [1.29, 1.82) is 0 Å². The van der Waals surface area contributed by atoms with E-state index in [2.05, 4.69) is 82.7 Å². The van der Waals surface area contributed by atoms with Gasteiger partial charge in [0, 0.05) is 30.4 Å². The molecular weight excluding hydrogens is 384 g/mol. The van der Waals surface area contributed by atoms with E-state index in [0.29, 0.717) is 12.1 Å². The van der Waals surface area contributed by atoms with Crippen LogP contribution in [0.3, 0.4) is 0 Å². The third-order valence-electron chi connectivity index (χ3n) is 6.04. The maximum Gasteiger partial charge on any atom is 0.335 e. The van der Waals surface area contributed by atoms with Crippen LogP contribution in [0, 0.1) is 0 Å². The van der Waals surface area contributed by atoms with Crippen LogP contribution in [0.25, 0.3) is 10.9 Å². The average Bonchev–Trinajstić information content (AvgIpc) is 3.47. The van der Waals surface area contributed by atoms with Crippen LogP contribution in [0.1, 0.15) is 28.7 Å². The van der Waals surface area contributed by atoms with Crippen LogP contribution in [0.5, 0.6) is 0 Å². The van der Waals surface area contributed by atoms with E-state index in [-0.39, 0.29) is 17.9 Å². The highest BCUT2D eigenvalue weighted by molar-refractivity contribution is 5.91. The molecule has 0 amide bonds. The number of H-pyrrole nitrogens is 1. The lowest BCUT2D eigenvalue weighted by molar-refractivity contribution is -0.136. The molecule has 0 fully saturated rings. The highest BCUT2D eigenvalue weighted by Crippen LogP contribution is 2.39. The Morgan fingerprint density at radius 1 is 0.968 bits per heavy atom. The van der Waals surface area contributed by atoms with Gasteiger partial charge in [-0.2, -0.15) is 0 Å². The van der Waals surface area contributed by atoms with E-state index in [1.807, 2.05) is 24.5 Å². The number of esters is 1. The summed E-state index contributed by atoms with van der Waals surface area (Å²) in [4.78, 5) is 18.2. The zero-order chi connectivity index (χ0) is 21.2. The smallest absolute Gasteiger partial charge is 0.335 e. The number of nitrogens with zero attached hydrogens (tertiary/aromatic N) is 1. The lowest BCUT2D eigenvalue weighted by atomic mass is 9.92. The molecule has 0 spiro atoms. The van der Waals surface area contributed by atoms with Crippen molar-refractivity contribution in [1.82, 2.24) is 9.88 Å². The summed E-state index contributed by atoms with van der Waals surface area (Å²) < 4.78 is 5.16. The van der Waals surface area contributed by atoms with Crippen molar-refractivity contribution in [3.8, 4) is 0 Å². The molecule has 1 aromatic heterocycles. The summed E-state index contributed by atoms with van der Waals surface area (Å²) in [6.45, 7) is 0.703. The van der Waals surface area contributed by atoms with Crippen molar-refractivity contribution in [2.24, 2.45) is 0 Å². The van der Waals surface area contributed by atoms with E-state index in [0.717, 1.165) is 16.5 Å². The van der Waals surface area contributed by atoms with E-state index >= 15 is 0 Å². The molecule has 2 heterocycles. The summed E-state index contributed by atoms with van der Waals surface area (Å²) in [5.74, 6) is -0.330. The van der Waals surface area contributed by atoms with Gasteiger partial charge in [-0.3, -0.25) is 0 Å². The Kier molecular flexibility index (Phi) is 5.04. The molecule has 0 saturated carbocycles. The van der Waals surface area contributed by atoms with Crippen LogP contribution in [0.15, 0.2) is 103 Å². The first-order valence-corrected chi connectivity index (χ1v) is 10.5. The lowest BCUT2D eigenvalue weighted by Crippen LogP contribution is -2.25. The van der Waals surface area contributed by atoms with Gasteiger partial charge in [-0.05, 0) is 40.3 Å². The molecule has 1 N–H and O–H groups in total. The number of aromatic nitrogens is 1. The van der Waals surface area contributed by atoms with Crippen molar-refractivity contribution in [2.75, 3.05) is 13.7 Å². The van der Waals surface area contributed by atoms with Crippen LogP contribution in [0.4, 0.5) is 0 Å². The van der Waals surface area contributed by atoms with Crippen LogP contribution < -0.4 is 0 Å². The minimum Gasteiger partial charge on any atom is -0.466 e. The second-order valence-corrected chi connectivity index (χ2v) is 7.87. The minimum atomic E-state index is -0.276. The summed E-state index contributed by atoms with van der Waals surface area (Å²) in [7, 11) is 1.45. The average molecular weight is 409 g/mol. The van der Waals surface area contributed by atoms with Gasteiger partial charge in [0.25, 0.3) is 0 Å². The molecule has 4 nitrogen and oxygen atoms in total. The van der Waals surface area contributed by atoms with Crippen molar-refractivity contribution in [3.63, 3.8) is 0 Å². The molecule has 3 aromatic carbocycles. The molecule has 1 unspecified atom stereocenters. The number of fused-ring (bicyclic) bond motifs is 1. The van der Waals surface area contributed by atoms with Gasteiger partial charge >= 0.3 is 5.97 Å². The van der Waals surface area contributed by atoms with E-state index < -0.39 is 0 Å². The van der Waals surface area contributed by atoms with Gasteiger partial charge in [0.15, 0.2) is 0 Å². The summed E-state index contributed by atoms with van der Waals surface area (Å²) in [5.41, 5.74) is 5.28. The number of rotatable bonds is 5. The van der Waals surface area contributed by atoms with E-state index in [1.165, 1.54) is 18.2 Å². The minimum absolute atomic E-state index is 0.0167. The Morgan fingerprint density at radius 3 is 2.29 bits per heavy atom. The maximum absolute atomic E-state index is 12.7. The third-order valence-corrected chi connectivity index (χ3v) is 6.04. The SMILES string of the molecule is COC(=O)C1=CN(C(c2ccccc2)c2ccccc2)CC1c1ccc2[nH]ccc2c1. The van der Waals surface area contributed by atoms with Crippen molar-refractivity contribution >= 4 is 16.9 Å². The molecule has 1 atom stereocenters. The second kappa shape index (κ2) is 8.15. The van der Waals surface area contributed by atoms with Crippen molar-refractivity contribution in [3.05, 3.63) is 120 Å². The van der Waals surface area contributed by atoms with E-state index in [4.69, 9.17) is 4.74 Å². The highest BCUT2D eigenvalue weighted by Gasteiger charge is 2.35. The number of nitrogens with one attached hydrogen (secondary N) is 1. The Hall–Kier alpha value is -3.79. The molecule has 1 aliphatic rings. The fourth-order valence-electron chi connectivity index (χ4n) is 4.54. The maximum atomic E-state index is 12.7. The molecule has 0 saturated heterocycles. The number of ether oxygens (including phenoxy) is 1. The molecular formula is C27H24N2O2. The number of carbonyl (C=O) groups excluding carboxylic acids is 1. The van der Waals surface area contributed by atoms with Gasteiger partial charge in [-0.15, -0.1) is 0 Å². The fraction of sp³-hybridized carbons (Fsp3) is 0.148. The predicted octanol–water partition coefficient (Wildman–Crippen LogP) is 5.41. The molecule has 1 aliphatic heterocycles. The topological polar surface area (TPSA) is 45.3 Å². The second-order valence-electron chi connectivity index (χ2n) is 7.87. The summed E-state index contributed by atoms with van der Waals surface area (Å²) in [5, 5.41) is 1.14. The standard InChI is InChI=1S/C27H24N2O2/c1-31-27(30)24-18-29(17-23(24)21-12-13-25-22(16-21)14-15-28-25)26(19-8-4-2-5-9-19)20-10-6-3-7-11-20/h2-16,18,23,26,28H,17H2,1H3. The van der Waals surface area contributed by atoms with Gasteiger partial charge in [0.05, 0.1) is 18.7 Å². The van der Waals surface area contributed by atoms with Crippen molar-refractivity contribution in [2.45, 2.75) is 12.0 Å². The first-order valence-electron chi connectivity index (χ1n) is 10.5. The zero-order valence-corrected chi connectivity index (χ0v) is 17.4. The van der Waals surface area contributed by atoms with Gasteiger partial charge in [0.1, 0.15) is 0 Å². The fourth-order valence-corrected chi connectivity index (χ4v) is 4.54. The van der Waals surface area contributed by atoms with Gasteiger partial charge < -0.3 is 14.6 Å². The molecule has 31 heavy (non-hydrogen) atoms. The Morgan fingerprint density at radius 2 is 1.65 bits per heavy atom. The number of carbonyl (C=O) groups is 1. The molecule has 4 heteroatoms. The normalized spacial score (nSPS) is 16.0. The summed E-state index contributed by atoms with van der Waals surface area (Å²) in [6.07, 6.45) is 3.93. The van der Waals surface area contributed by atoms with Gasteiger partial charge in [-0.1, -0.05) is 66.7 Å². The Balaban J connectivity index is 1.58. The molecule has 5 rings (SSSR count). The van der Waals surface area contributed by atoms with Crippen LogP contribution in [0.2, 0.25) is 0 Å². The number of hydrogen-bond donors (Lipinski definition) is 1. The first kappa shape index (κ1) is 19.2. The molecule has 0 radical (unpaired) electrons. The van der Waals surface area contributed by atoms with Crippen molar-refractivity contribution < 1.29 is 9.53 Å². The van der Waals surface area contributed by atoms with Crippen LogP contribution in [-0.4, -0.2) is 29.5 Å². The highest BCUT2D eigenvalue weighted by atomic mass is 16.5. The lowest BCUT2D eigenvalue weighted by Gasteiger charge is -2.30. The largest absolute Gasteiger partial charge is 0.466 e. The van der Waals surface area contributed by atoms with Crippen LogP contribution in [-0.2, 0) is 9.53 Å². The molecule has 4 aromatic rings. The Bertz CT molecular complexity index is 1190. The number of methoxy groups -OCH3 is 1. The van der Waals surface area contributed by atoms with E-state index in [9.17, 15) is 4.79 Å². The van der Waals surface area contributed by atoms with Crippen LogP contribution >= 0.6 is 0 Å². The molecule has 154 valence electrons. The number of aromatic amines is 1. The Labute approximate surface area is 181 Å². The first-order chi connectivity index (χ1) is 15.2. The van der Waals surface area contributed by atoms with Gasteiger partial charge in [-0.25, -0.2) is 4.79 Å². The number of benzene rings is 3. The zero-order valence-electron chi connectivity index (χ0n) is 17.4. The monoisotopic (exact) mass is 408 g/mol. The predicted molar refractivity (Wildman–Crippen MR) is 123 cm³/mol. The third kappa shape index (κ3) is 3.61. The quantitative estimate of drug-likeness (QED) is 0.449. The summed E-state index contributed by atoms with van der Waals surface area (Å²) >= 11 is 0. The van der Waals surface area contributed by atoms with Gasteiger partial charge in [0.2, 0.25) is 0 Å². The van der Waals surface area contributed by atoms with E-state index in [1.54, 1.807) is 0 Å². The number of hydrogen-bond acceptors (Lipinski definition) is 3. The summed E-state index contributed by atoms with van der Waals surface area (Å²) in [6, 6.07) is 29.3. The molecule has 0 aliphatic carbocycles.